The number of hydrogen-bond donors (Lipinski definition) is 2. The van der Waals surface area contributed by atoms with Crippen LogP contribution in [-0.2, 0) is 9.59 Å². The van der Waals surface area contributed by atoms with Crippen molar-refractivity contribution in [1.82, 2.24) is 5.32 Å². The first-order valence-corrected chi connectivity index (χ1v) is 12.4. The van der Waals surface area contributed by atoms with Gasteiger partial charge in [-0.1, -0.05) is 44.2 Å². The van der Waals surface area contributed by atoms with Crippen LogP contribution >= 0.6 is 0 Å². The van der Waals surface area contributed by atoms with Gasteiger partial charge in [-0.15, -0.1) is 0 Å². The Morgan fingerprint density at radius 3 is 2.29 bits per heavy atom. The summed E-state index contributed by atoms with van der Waals surface area (Å²) in [5, 5.41) is 15.8. The molecule has 0 aliphatic carbocycles. The molecule has 1 aliphatic rings. The fraction of sp³-hybridized carbons (Fsp3) is 0.464. The molecule has 1 atom stereocenters. The van der Waals surface area contributed by atoms with Crippen LogP contribution in [0.3, 0.4) is 0 Å². The van der Waals surface area contributed by atoms with E-state index >= 15 is 0 Å². The normalized spacial score (nSPS) is 15.0. The standard InChI is InChI=1S/C28H36N4O2/c1-4-20(5-2)27(33)31-24-12-13-25(23(18-24)19-29)32-16-14-22(15-17-32)26(28(34)30-6-3)21-10-8-7-9-11-21/h7-13,18,20,22,26H,4-6,14-17H2,1-3H3,(H,30,34)(H,31,33). The minimum absolute atomic E-state index is 0.000219. The number of likely N-dealkylation sites (N-methyl/N-ethyl adjacent to an activating group) is 1. The summed E-state index contributed by atoms with van der Waals surface area (Å²) in [5.41, 5.74) is 3.16. The summed E-state index contributed by atoms with van der Waals surface area (Å²) in [4.78, 5) is 27.6. The van der Waals surface area contributed by atoms with Gasteiger partial charge in [0.25, 0.3) is 0 Å². The van der Waals surface area contributed by atoms with Crippen LogP contribution in [0.5, 0.6) is 0 Å². The van der Waals surface area contributed by atoms with E-state index in [0.717, 1.165) is 50.0 Å². The fourth-order valence-corrected chi connectivity index (χ4v) is 4.94. The highest BCUT2D eigenvalue weighted by Gasteiger charge is 2.33. The van der Waals surface area contributed by atoms with Crippen LogP contribution in [0, 0.1) is 23.2 Å². The Hall–Kier alpha value is -3.33. The summed E-state index contributed by atoms with van der Waals surface area (Å²) >= 11 is 0. The zero-order chi connectivity index (χ0) is 24.5. The Bertz CT molecular complexity index is 1000. The lowest BCUT2D eigenvalue weighted by molar-refractivity contribution is -0.124. The molecule has 1 unspecified atom stereocenters. The minimum atomic E-state index is -0.165. The molecule has 2 N–H and O–H groups in total. The molecule has 1 saturated heterocycles. The van der Waals surface area contributed by atoms with Crippen molar-refractivity contribution in [2.24, 2.45) is 11.8 Å². The molecule has 2 amide bonds. The molecular weight excluding hydrogens is 424 g/mol. The minimum Gasteiger partial charge on any atom is -0.370 e. The summed E-state index contributed by atoms with van der Waals surface area (Å²) in [5.74, 6) is 0.143. The van der Waals surface area contributed by atoms with E-state index in [1.807, 2.05) is 63.2 Å². The Labute approximate surface area is 203 Å². The highest BCUT2D eigenvalue weighted by atomic mass is 16.2. The van der Waals surface area contributed by atoms with Crippen molar-refractivity contribution in [3.63, 3.8) is 0 Å². The van der Waals surface area contributed by atoms with Gasteiger partial charge in [-0.05, 0) is 62.3 Å². The molecule has 180 valence electrons. The third-order valence-corrected chi connectivity index (χ3v) is 6.88. The van der Waals surface area contributed by atoms with Crippen molar-refractivity contribution in [2.75, 3.05) is 29.9 Å². The monoisotopic (exact) mass is 460 g/mol. The fourth-order valence-electron chi connectivity index (χ4n) is 4.94. The number of nitrogens with one attached hydrogen (secondary N) is 2. The Kier molecular flexibility index (Phi) is 9.09. The first kappa shape index (κ1) is 25.3. The van der Waals surface area contributed by atoms with Crippen LogP contribution in [0.2, 0.25) is 0 Å². The number of anilines is 2. The van der Waals surface area contributed by atoms with Gasteiger partial charge in [0.2, 0.25) is 11.8 Å². The van der Waals surface area contributed by atoms with E-state index in [1.165, 1.54) is 0 Å². The molecule has 0 radical (unpaired) electrons. The largest absolute Gasteiger partial charge is 0.370 e. The molecule has 0 bridgehead atoms. The van der Waals surface area contributed by atoms with Crippen molar-refractivity contribution < 1.29 is 9.59 Å². The third-order valence-electron chi connectivity index (χ3n) is 6.88. The number of carbonyl (C=O) groups excluding carboxylic acids is 2. The molecule has 0 saturated carbocycles. The van der Waals surface area contributed by atoms with Crippen molar-refractivity contribution in [3.05, 3.63) is 59.7 Å². The average molecular weight is 461 g/mol. The molecule has 0 spiro atoms. The molecule has 1 heterocycles. The summed E-state index contributed by atoms with van der Waals surface area (Å²) in [6.45, 7) is 8.14. The maximum atomic E-state index is 12.9. The van der Waals surface area contributed by atoms with Crippen LogP contribution in [0.25, 0.3) is 0 Å². The lowest BCUT2D eigenvalue weighted by atomic mass is 9.79. The maximum Gasteiger partial charge on any atom is 0.227 e. The molecular formula is C28H36N4O2. The van der Waals surface area contributed by atoms with Gasteiger partial charge < -0.3 is 15.5 Å². The van der Waals surface area contributed by atoms with Gasteiger partial charge in [-0.25, -0.2) is 0 Å². The van der Waals surface area contributed by atoms with Crippen LogP contribution in [0.1, 0.15) is 63.5 Å². The van der Waals surface area contributed by atoms with Gasteiger partial charge in [0.15, 0.2) is 0 Å². The molecule has 3 rings (SSSR count). The highest BCUT2D eigenvalue weighted by Crippen LogP contribution is 2.35. The van der Waals surface area contributed by atoms with Gasteiger partial charge in [0, 0.05) is 31.2 Å². The maximum absolute atomic E-state index is 12.9. The van der Waals surface area contributed by atoms with E-state index in [9.17, 15) is 14.9 Å². The smallest absolute Gasteiger partial charge is 0.227 e. The Morgan fingerprint density at radius 1 is 1.03 bits per heavy atom. The molecule has 34 heavy (non-hydrogen) atoms. The predicted octanol–water partition coefficient (Wildman–Crippen LogP) is 5.07. The molecule has 2 aromatic carbocycles. The third kappa shape index (κ3) is 5.96. The number of piperidine rings is 1. The van der Waals surface area contributed by atoms with Crippen molar-refractivity contribution >= 4 is 23.2 Å². The average Bonchev–Trinajstić information content (AvgIpc) is 2.86. The van der Waals surface area contributed by atoms with Crippen LogP contribution in [0.15, 0.2) is 48.5 Å². The summed E-state index contributed by atoms with van der Waals surface area (Å²) < 4.78 is 0. The van der Waals surface area contributed by atoms with Gasteiger partial charge in [-0.2, -0.15) is 5.26 Å². The second kappa shape index (κ2) is 12.2. The number of rotatable bonds is 9. The van der Waals surface area contributed by atoms with Gasteiger partial charge in [0.05, 0.1) is 17.2 Å². The lowest BCUT2D eigenvalue weighted by Crippen LogP contribution is -2.40. The second-order valence-electron chi connectivity index (χ2n) is 8.95. The van der Waals surface area contributed by atoms with Gasteiger partial charge in [-0.3, -0.25) is 9.59 Å². The quantitative estimate of drug-likeness (QED) is 0.547. The van der Waals surface area contributed by atoms with Gasteiger partial charge in [0.1, 0.15) is 6.07 Å². The molecule has 6 heteroatoms. The topological polar surface area (TPSA) is 85.2 Å². The Balaban J connectivity index is 1.72. The number of nitriles is 1. The highest BCUT2D eigenvalue weighted by molar-refractivity contribution is 5.93. The summed E-state index contributed by atoms with van der Waals surface area (Å²) in [6.07, 6.45) is 3.32. The molecule has 2 aromatic rings. The number of nitrogens with zero attached hydrogens (tertiary/aromatic N) is 2. The molecule has 1 fully saturated rings. The zero-order valence-corrected chi connectivity index (χ0v) is 20.5. The van der Waals surface area contributed by atoms with Crippen molar-refractivity contribution in [2.45, 2.75) is 52.4 Å². The van der Waals surface area contributed by atoms with Crippen LogP contribution in [0.4, 0.5) is 11.4 Å². The second-order valence-corrected chi connectivity index (χ2v) is 8.95. The number of benzene rings is 2. The molecule has 1 aliphatic heterocycles. The SMILES string of the molecule is CCNC(=O)C(c1ccccc1)C1CCN(c2ccc(NC(=O)C(CC)CC)cc2C#N)CC1. The number of hydrogen-bond acceptors (Lipinski definition) is 4. The number of amides is 2. The first-order chi connectivity index (χ1) is 16.5. The van der Waals surface area contributed by atoms with E-state index in [-0.39, 0.29) is 29.6 Å². The molecule has 0 aromatic heterocycles. The van der Waals surface area contributed by atoms with Crippen molar-refractivity contribution in [3.8, 4) is 6.07 Å². The van der Waals surface area contributed by atoms with E-state index in [1.54, 1.807) is 6.07 Å². The molecule has 6 nitrogen and oxygen atoms in total. The summed E-state index contributed by atoms with van der Waals surface area (Å²) in [7, 11) is 0. The Morgan fingerprint density at radius 2 is 1.71 bits per heavy atom. The van der Waals surface area contributed by atoms with E-state index in [0.29, 0.717) is 17.8 Å². The van der Waals surface area contributed by atoms with E-state index in [2.05, 4.69) is 21.6 Å². The number of carbonyl (C=O) groups is 2. The van der Waals surface area contributed by atoms with E-state index in [4.69, 9.17) is 0 Å². The predicted molar refractivity (Wildman–Crippen MR) is 137 cm³/mol. The van der Waals surface area contributed by atoms with Gasteiger partial charge >= 0.3 is 0 Å². The first-order valence-electron chi connectivity index (χ1n) is 12.4. The summed E-state index contributed by atoms with van der Waals surface area (Å²) in [6, 6.07) is 17.9. The van der Waals surface area contributed by atoms with Crippen molar-refractivity contribution in [1.29, 1.82) is 5.26 Å². The van der Waals surface area contributed by atoms with Crippen LogP contribution in [-0.4, -0.2) is 31.4 Å². The van der Waals surface area contributed by atoms with Crippen LogP contribution < -0.4 is 15.5 Å². The van der Waals surface area contributed by atoms with E-state index < -0.39 is 0 Å². The lowest BCUT2D eigenvalue weighted by Gasteiger charge is -2.37. The zero-order valence-electron chi connectivity index (χ0n) is 20.5.